The monoisotopic (exact) mass is 436 g/mol. The predicted octanol–water partition coefficient (Wildman–Crippen LogP) is 4.54. The Morgan fingerprint density at radius 2 is 1.90 bits per heavy atom. The van der Waals surface area contributed by atoms with Crippen molar-refractivity contribution in [3.8, 4) is 0 Å². The molecule has 1 saturated heterocycles. The van der Waals surface area contributed by atoms with Crippen LogP contribution >= 0.6 is 11.8 Å². The van der Waals surface area contributed by atoms with Gasteiger partial charge in [0.1, 0.15) is 11.3 Å². The van der Waals surface area contributed by atoms with E-state index in [0.29, 0.717) is 17.9 Å². The summed E-state index contributed by atoms with van der Waals surface area (Å²) >= 11 is 1.58. The van der Waals surface area contributed by atoms with Gasteiger partial charge in [0.2, 0.25) is 5.95 Å². The average Bonchev–Trinajstić information content (AvgIpc) is 3.50. The van der Waals surface area contributed by atoms with E-state index in [4.69, 9.17) is 8.83 Å². The maximum Gasteiger partial charge on any atom is 0.336 e. The summed E-state index contributed by atoms with van der Waals surface area (Å²) in [6, 6.07) is 9.46. The van der Waals surface area contributed by atoms with E-state index in [9.17, 15) is 4.79 Å². The number of nitrogens with zero attached hydrogens (tertiary/aromatic N) is 4. The van der Waals surface area contributed by atoms with Gasteiger partial charge < -0.3 is 13.7 Å². The molecule has 0 aliphatic carbocycles. The number of rotatable bonds is 6. The summed E-state index contributed by atoms with van der Waals surface area (Å²) in [6.45, 7) is 6.64. The molecule has 160 valence electrons. The van der Waals surface area contributed by atoms with Crippen LogP contribution in [-0.4, -0.2) is 27.9 Å². The SMILES string of the molecule is Cc1cc2oc(=O)cc(CSc3nnc(N4CCCC4)n3Cc3ccco3)c2cc1C. The van der Waals surface area contributed by atoms with Crippen molar-refractivity contribution in [3.63, 3.8) is 0 Å². The lowest BCUT2D eigenvalue weighted by molar-refractivity contribution is 0.483. The lowest BCUT2D eigenvalue weighted by Gasteiger charge is -2.17. The summed E-state index contributed by atoms with van der Waals surface area (Å²) in [5, 5.41) is 10.7. The van der Waals surface area contributed by atoms with E-state index in [1.807, 2.05) is 25.1 Å². The van der Waals surface area contributed by atoms with Crippen molar-refractivity contribution in [2.24, 2.45) is 0 Å². The standard InChI is InChI=1S/C23H24N4O3S/c1-15-10-19-17(12-21(28)30-20(19)11-16(15)2)14-31-23-25-24-22(26-7-3-4-8-26)27(23)13-18-6-5-9-29-18/h5-6,9-12H,3-4,7-8,13-14H2,1-2H3. The largest absolute Gasteiger partial charge is 0.467 e. The molecule has 5 rings (SSSR count). The zero-order valence-electron chi connectivity index (χ0n) is 17.6. The van der Waals surface area contributed by atoms with Crippen LogP contribution in [-0.2, 0) is 12.3 Å². The van der Waals surface area contributed by atoms with Crippen LogP contribution in [0.25, 0.3) is 11.0 Å². The van der Waals surface area contributed by atoms with Crippen LogP contribution in [0.5, 0.6) is 0 Å². The average molecular weight is 437 g/mol. The fraction of sp³-hybridized carbons (Fsp3) is 0.348. The number of benzene rings is 1. The number of aromatic nitrogens is 3. The van der Waals surface area contributed by atoms with Crippen molar-refractivity contribution >= 4 is 28.7 Å². The van der Waals surface area contributed by atoms with Gasteiger partial charge >= 0.3 is 5.63 Å². The zero-order chi connectivity index (χ0) is 21.4. The van der Waals surface area contributed by atoms with E-state index in [2.05, 4.69) is 32.7 Å². The van der Waals surface area contributed by atoms with Gasteiger partial charge in [-0.05, 0) is 67.6 Å². The minimum absolute atomic E-state index is 0.332. The molecule has 4 heterocycles. The van der Waals surface area contributed by atoms with Crippen molar-refractivity contribution in [1.82, 2.24) is 14.8 Å². The first-order valence-corrected chi connectivity index (χ1v) is 11.4. The molecule has 1 aliphatic heterocycles. The molecule has 1 aromatic carbocycles. The lowest BCUT2D eigenvalue weighted by Crippen LogP contribution is -2.22. The summed E-state index contributed by atoms with van der Waals surface area (Å²) in [4.78, 5) is 14.4. The van der Waals surface area contributed by atoms with Crippen molar-refractivity contribution in [3.05, 3.63) is 69.5 Å². The van der Waals surface area contributed by atoms with E-state index in [0.717, 1.165) is 46.5 Å². The maximum absolute atomic E-state index is 12.1. The Hall–Kier alpha value is -3.00. The van der Waals surface area contributed by atoms with Gasteiger partial charge in [-0.25, -0.2) is 4.79 Å². The molecular weight excluding hydrogens is 412 g/mol. The molecule has 0 unspecified atom stereocenters. The highest BCUT2D eigenvalue weighted by Gasteiger charge is 2.22. The number of thioether (sulfide) groups is 1. The van der Waals surface area contributed by atoms with Crippen LogP contribution in [0.2, 0.25) is 0 Å². The van der Waals surface area contributed by atoms with Crippen molar-refractivity contribution < 1.29 is 8.83 Å². The third kappa shape index (κ3) is 3.99. The molecule has 1 aliphatic rings. The maximum atomic E-state index is 12.1. The third-order valence-electron chi connectivity index (χ3n) is 5.78. The number of fused-ring (bicyclic) bond motifs is 1. The second-order valence-electron chi connectivity index (χ2n) is 7.95. The molecule has 8 heteroatoms. The first kappa shape index (κ1) is 19.9. The van der Waals surface area contributed by atoms with Crippen LogP contribution < -0.4 is 10.5 Å². The summed E-state index contributed by atoms with van der Waals surface area (Å²) in [6.07, 6.45) is 4.02. The predicted molar refractivity (Wildman–Crippen MR) is 121 cm³/mol. The minimum Gasteiger partial charge on any atom is -0.467 e. The Morgan fingerprint density at radius 3 is 2.68 bits per heavy atom. The molecule has 0 bridgehead atoms. The Bertz CT molecular complexity index is 1270. The van der Waals surface area contributed by atoms with Gasteiger partial charge in [-0.1, -0.05) is 11.8 Å². The minimum atomic E-state index is -0.332. The molecule has 0 radical (unpaired) electrons. The number of furan rings is 1. The number of hydrogen-bond acceptors (Lipinski definition) is 7. The summed E-state index contributed by atoms with van der Waals surface area (Å²) in [5.41, 5.74) is 3.51. The zero-order valence-corrected chi connectivity index (χ0v) is 18.4. The molecular formula is C23H24N4O3S. The third-order valence-corrected chi connectivity index (χ3v) is 6.80. The van der Waals surface area contributed by atoms with Gasteiger partial charge in [0, 0.05) is 30.3 Å². The van der Waals surface area contributed by atoms with Crippen LogP contribution in [0.15, 0.2) is 55.4 Å². The second kappa shape index (κ2) is 8.26. The Morgan fingerprint density at radius 1 is 1.10 bits per heavy atom. The molecule has 1 fully saturated rings. The van der Waals surface area contributed by atoms with Crippen LogP contribution in [0.3, 0.4) is 0 Å². The number of anilines is 1. The lowest BCUT2D eigenvalue weighted by atomic mass is 10.0. The van der Waals surface area contributed by atoms with Crippen LogP contribution in [0.1, 0.15) is 35.3 Å². The summed E-state index contributed by atoms with van der Waals surface area (Å²) in [7, 11) is 0. The van der Waals surface area contributed by atoms with Crippen LogP contribution in [0, 0.1) is 13.8 Å². The Kier molecular flexibility index (Phi) is 5.31. The fourth-order valence-corrected chi connectivity index (χ4v) is 4.90. The molecule has 0 amide bonds. The molecule has 0 atom stereocenters. The van der Waals surface area contributed by atoms with Crippen molar-refractivity contribution in [1.29, 1.82) is 0 Å². The summed E-state index contributed by atoms with van der Waals surface area (Å²) in [5.74, 6) is 2.33. The quantitative estimate of drug-likeness (QED) is 0.324. The Labute approximate surface area is 184 Å². The number of hydrogen-bond donors (Lipinski definition) is 0. The molecule has 0 saturated carbocycles. The van der Waals surface area contributed by atoms with Gasteiger partial charge in [0.15, 0.2) is 5.16 Å². The van der Waals surface area contributed by atoms with Gasteiger partial charge in [-0.15, -0.1) is 10.2 Å². The van der Waals surface area contributed by atoms with Crippen LogP contribution in [0.4, 0.5) is 5.95 Å². The molecule has 0 spiro atoms. The van der Waals surface area contributed by atoms with E-state index in [-0.39, 0.29) is 5.63 Å². The van der Waals surface area contributed by atoms with E-state index < -0.39 is 0 Å². The molecule has 31 heavy (non-hydrogen) atoms. The van der Waals surface area contributed by atoms with E-state index >= 15 is 0 Å². The Balaban J connectivity index is 1.48. The fourth-order valence-electron chi connectivity index (χ4n) is 3.98. The number of aryl methyl sites for hydroxylation is 2. The van der Waals surface area contributed by atoms with Gasteiger partial charge in [-0.3, -0.25) is 4.57 Å². The molecule has 4 aromatic rings. The second-order valence-corrected chi connectivity index (χ2v) is 8.90. The van der Waals surface area contributed by atoms with Crippen molar-refractivity contribution in [2.45, 2.75) is 44.1 Å². The summed E-state index contributed by atoms with van der Waals surface area (Å²) < 4.78 is 13.1. The topological polar surface area (TPSA) is 77.3 Å². The van der Waals surface area contributed by atoms with Gasteiger partial charge in [0.05, 0.1) is 12.8 Å². The first-order valence-electron chi connectivity index (χ1n) is 10.5. The first-order chi connectivity index (χ1) is 15.1. The van der Waals surface area contributed by atoms with E-state index in [1.165, 1.54) is 18.4 Å². The highest BCUT2D eigenvalue weighted by atomic mass is 32.2. The van der Waals surface area contributed by atoms with Gasteiger partial charge in [-0.2, -0.15) is 0 Å². The molecule has 0 N–H and O–H groups in total. The van der Waals surface area contributed by atoms with E-state index in [1.54, 1.807) is 24.1 Å². The smallest absolute Gasteiger partial charge is 0.336 e. The van der Waals surface area contributed by atoms with Gasteiger partial charge in [0.25, 0.3) is 0 Å². The molecule has 3 aromatic heterocycles. The normalized spacial score (nSPS) is 14.1. The molecule has 7 nitrogen and oxygen atoms in total. The highest BCUT2D eigenvalue weighted by molar-refractivity contribution is 7.98. The van der Waals surface area contributed by atoms with Crippen molar-refractivity contribution in [2.75, 3.05) is 18.0 Å². The highest BCUT2D eigenvalue weighted by Crippen LogP contribution is 2.30.